The van der Waals surface area contributed by atoms with Crippen molar-refractivity contribution < 1.29 is 18.0 Å². The van der Waals surface area contributed by atoms with Gasteiger partial charge in [0.05, 0.1) is 5.56 Å². The lowest BCUT2D eigenvalue weighted by molar-refractivity contribution is -0.137. The molecule has 0 saturated carbocycles. The predicted molar refractivity (Wildman–Crippen MR) is 65.6 cm³/mol. The summed E-state index contributed by atoms with van der Waals surface area (Å²) in [7, 11) is 0. The maximum atomic E-state index is 12.4. The molecule has 3 nitrogen and oxygen atoms in total. The third-order valence-electron chi connectivity index (χ3n) is 3.02. The largest absolute Gasteiger partial charge is 0.416 e. The van der Waals surface area contributed by atoms with Crippen LogP contribution in [0.5, 0.6) is 0 Å². The molecule has 0 unspecified atom stereocenters. The van der Waals surface area contributed by atoms with Crippen LogP contribution in [0.4, 0.5) is 18.9 Å². The summed E-state index contributed by atoms with van der Waals surface area (Å²) in [5.74, 6) is -0.281. The van der Waals surface area contributed by atoms with Gasteiger partial charge < -0.3 is 10.6 Å². The summed E-state index contributed by atoms with van der Waals surface area (Å²) in [5.41, 5.74) is 1.25. The van der Waals surface area contributed by atoms with Crippen LogP contribution in [0.15, 0.2) is 35.4 Å². The van der Waals surface area contributed by atoms with E-state index in [1.54, 1.807) is 6.92 Å². The second-order valence-electron chi connectivity index (χ2n) is 4.36. The molecule has 1 aliphatic heterocycles. The van der Waals surface area contributed by atoms with Crippen LogP contribution in [0.1, 0.15) is 12.5 Å². The van der Waals surface area contributed by atoms with Crippen molar-refractivity contribution in [2.24, 2.45) is 0 Å². The number of carbonyl (C=O) groups is 1. The Morgan fingerprint density at radius 1 is 1.21 bits per heavy atom. The summed E-state index contributed by atoms with van der Waals surface area (Å²) in [4.78, 5) is 11.8. The number of rotatable bonds is 2. The molecule has 1 heterocycles. The van der Waals surface area contributed by atoms with Crippen molar-refractivity contribution in [3.63, 3.8) is 0 Å². The van der Waals surface area contributed by atoms with E-state index in [2.05, 4.69) is 10.6 Å². The third-order valence-corrected chi connectivity index (χ3v) is 3.02. The molecule has 1 amide bonds. The molecule has 2 rings (SSSR count). The molecule has 102 valence electrons. The molecule has 1 aliphatic rings. The number of amides is 1. The molecule has 0 bridgehead atoms. The monoisotopic (exact) mass is 270 g/mol. The van der Waals surface area contributed by atoms with Crippen molar-refractivity contribution in [1.82, 2.24) is 5.32 Å². The number of anilines is 1. The zero-order valence-corrected chi connectivity index (χ0v) is 10.3. The maximum Gasteiger partial charge on any atom is 0.416 e. The van der Waals surface area contributed by atoms with Gasteiger partial charge in [0, 0.05) is 24.4 Å². The van der Waals surface area contributed by atoms with Crippen LogP contribution < -0.4 is 10.6 Å². The molecule has 19 heavy (non-hydrogen) atoms. The van der Waals surface area contributed by atoms with Gasteiger partial charge in [-0.3, -0.25) is 4.79 Å². The van der Waals surface area contributed by atoms with Crippen molar-refractivity contribution in [3.8, 4) is 0 Å². The van der Waals surface area contributed by atoms with E-state index >= 15 is 0 Å². The normalized spacial score (nSPS) is 14.8. The Bertz CT molecular complexity index is 512. The standard InChI is InChI=1S/C13H13F3N2O/c1-8(9-6-17-7-9)12(19)18-11-4-2-10(3-5-11)13(14,15)16/h2-5,17H,6-7H2,1H3,(H,18,19). The fourth-order valence-corrected chi connectivity index (χ4v) is 1.64. The second-order valence-corrected chi connectivity index (χ2v) is 4.36. The molecule has 1 aromatic rings. The Hall–Kier alpha value is -1.82. The van der Waals surface area contributed by atoms with E-state index in [4.69, 9.17) is 0 Å². The van der Waals surface area contributed by atoms with E-state index < -0.39 is 11.7 Å². The molecule has 1 aromatic carbocycles. The Morgan fingerprint density at radius 3 is 2.21 bits per heavy atom. The van der Waals surface area contributed by atoms with Gasteiger partial charge in [-0.2, -0.15) is 13.2 Å². The highest BCUT2D eigenvalue weighted by Crippen LogP contribution is 2.29. The van der Waals surface area contributed by atoms with E-state index in [1.807, 2.05) is 0 Å². The number of benzene rings is 1. The van der Waals surface area contributed by atoms with Gasteiger partial charge in [0.2, 0.25) is 0 Å². The topological polar surface area (TPSA) is 41.1 Å². The van der Waals surface area contributed by atoms with Crippen molar-refractivity contribution in [2.45, 2.75) is 13.1 Å². The predicted octanol–water partition coefficient (Wildman–Crippen LogP) is 2.56. The fraction of sp³-hybridized carbons (Fsp3) is 0.308. The van der Waals surface area contributed by atoms with Gasteiger partial charge in [0.15, 0.2) is 0 Å². The number of hydrogen-bond acceptors (Lipinski definition) is 2. The zero-order valence-electron chi connectivity index (χ0n) is 10.3. The summed E-state index contributed by atoms with van der Waals surface area (Å²) in [6.45, 7) is 3.08. The first-order chi connectivity index (χ1) is 8.88. The van der Waals surface area contributed by atoms with Gasteiger partial charge in [-0.15, -0.1) is 0 Å². The van der Waals surface area contributed by atoms with Crippen LogP contribution in [0, 0.1) is 0 Å². The summed E-state index contributed by atoms with van der Waals surface area (Å²) < 4.78 is 37.1. The molecule has 0 radical (unpaired) electrons. The first-order valence-corrected chi connectivity index (χ1v) is 5.76. The average Bonchev–Trinajstić information content (AvgIpc) is 2.26. The zero-order chi connectivity index (χ0) is 14.0. The van der Waals surface area contributed by atoms with Crippen LogP contribution >= 0.6 is 0 Å². The van der Waals surface area contributed by atoms with E-state index in [-0.39, 0.29) is 5.91 Å². The van der Waals surface area contributed by atoms with Crippen LogP contribution in [0.2, 0.25) is 0 Å². The number of halogens is 3. The van der Waals surface area contributed by atoms with Crippen molar-refractivity contribution in [2.75, 3.05) is 18.4 Å². The lowest BCUT2D eigenvalue weighted by atomic mass is 10.0. The number of alkyl halides is 3. The van der Waals surface area contributed by atoms with Gasteiger partial charge in [0.1, 0.15) is 0 Å². The number of nitrogens with one attached hydrogen (secondary N) is 2. The number of carbonyl (C=O) groups excluding carboxylic acids is 1. The third kappa shape index (κ3) is 3.14. The molecule has 0 aromatic heterocycles. The smallest absolute Gasteiger partial charge is 0.322 e. The highest BCUT2D eigenvalue weighted by molar-refractivity contribution is 6.04. The molecule has 0 spiro atoms. The lowest BCUT2D eigenvalue weighted by Gasteiger charge is -2.21. The molecule has 0 aliphatic carbocycles. The minimum Gasteiger partial charge on any atom is -0.322 e. The summed E-state index contributed by atoms with van der Waals surface area (Å²) in [6, 6.07) is 4.39. The van der Waals surface area contributed by atoms with Gasteiger partial charge in [0.25, 0.3) is 5.91 Å². The average molecular weight is 270 g/mol. The van der Waals surface area contributed by atoms with Crippen molar-refractivity contribution in [1.29, 1.82) is 0 Å². The van der Waals surface area contributed by atoms with Crippen molar-refractivity contribution >= 4 is 11.6 Å². The van der Waals surface area contributed by atoms with Gasteiger partial charge in [-0.05, 0) is 36.8 Å². The summed E-state index contributed by atoms with van der Waals surface area (Å²) in [6.07, 6.45) is -4.36. The highest BCUT2D eigenvalue weighted by atomic mass is 19.4. The van der Waals surface area contributed by atoms with Gasteiger partial charge in [-0.25, -0.2) is 0 Å². The minimum atomic E-state index is -4.36. The van der Waals surface area contributed by atoms with E-state index in [9.17, 15) is 18.0 Å². The first-order valence-electron chi connectivity index (χ1n) is 5.76. The highest BCUT2D eigenvalue weighted by Gasteiger charge is 2.30. The summed E-state index contributed by atoms with van der Waals surface area (Å²) >= 11 is 0. The van der Waals surface area contributed by atoms with Crippen LogP contribution in [0.3, 0.4) is 0 Å². The second kappa shape index (κ2) is 5.05. The Kier molecular flexibility index (Phi) is 3.61. The fourth-order valence-electron chi connectivity index (χ4n) is 1.64. The number of hydrogen-bond donors (Lipinski definition) is 2. The lowest BCUT2D eigenvalue weighted by Crippen LogP contribution is -2.36. The molecule has 6 heteroatoms. The molecule has 1 saturated heterocycles. The SMILES string of the molecule is CC(C(=O)Nc1ccc(C(F)(F)F)cc1)=C1CNC1. The summed E-state index contributed by atoms with van der Waals surface area (Å²) in [5, 5.41) is 5.60. The minimum absolute atomic E-state index is 0.281. The molecular formula is C13H13F3N2O. The van der Waals surface area contributed by atoms with Crippen molar-refractivity contribution in [3.05, 3.63) is 41.0 Å². The van der Waals surface area contributed by atoms with Crippen LogP contribution in [-0.2, 0) is 11.0 Å². The van der Waals surface area contributed by atoms with E-state index in [0.717, 1.165) is 17.7 Å². The Balaban J connectivity index is 2.06. The van der Waals surface area contributed by atoms with Crippen LogP contribution in [0.25, 0.3) is 0 Å². The Labute approximate surface area is 108 Å². The Morgan fingerprint density at radius 2 is 1.79 bits per heavy atom. The molecule has 2 N–H and O–H groups in total. The molecule has 0 atom stereocenters. The van der Waals surface area contributed by atoms with Crippen LogP contribution in [-0.4, -0.2) is 19.0 Å². The van der Waals surface area contributed by atoms with E-state index in [1.165, 1.54) is 12.1 Å². The maximum absolute atomic E-state index is 12.4. The molecule has 1 fully saturated rings. The van der Waals surface area contributed by atoms with Gasteiger partial charge >= 0.3 is 6.18 Å². The van der Waals surface area contributed by atoms with Gasteiger partial charge in [-0.1, -0.05) is 0 Å². The van der Waals surface area contributed by atoms with E-state index in [0.29, 0.717) is 24.4 Å². The molecular weight excluding hydrogens is 257 g/mol. The quantitative estimate of drug-likeness (QED) is 0.811. The first kappa shape index (κ1) is 13.6.